The number of nitrogens with zero attached hydrogens (tertiary/aromatic N) is 4. The van der Waals surface area contributed by atoms with E-state index in [4.69, 9.17) is 9.84 Å². The topological polar surface area (TPSA) is 117 Å². The van der Waals surface area contributed by atoms with Gasteiger partial charge in [0.25, 0.3) is 5.91 Å². The van der Waals surface area contributed by atoms with Crippen LogP contribution < -0.4 is 5.32 Å². The summed E-state index contributed by atoms with van der Waals surface area (Å²) in [5.74, 6) is -0.522. The molecule has 1 aliphatic rings. The zero-order valence-corrected chi connectivity index (χ0v) is 24.2. The minimum atomic E-state index is -3.80. The Kier molecular flexibility index (Phi) is 8.64. The molecule has 10 heteroatoms. The number of sulfonamides is 1. The van der Waals surface area contributed by atoms with Crippen LogP contribution in [0.5, 0.6) is 0 Å². The minimum absolute atomic E-state index is 0.0974. The summed E-state index contributed by atoms with van der Waals surface area (Å²) in [6.45, 7) is 4.50. The van der Waals surface area contributed by atoms with Crippen LogP contribution in [0.1, 0.15) is 25.0 Å². The lowest BCUT2D eigenvalue weighted by molar-refractivity contribution is -0.117. The maximum Gasteiger partial charge on any atom is 0.262 e. The van der Waals surface area contributed by atoms with Gasteiger partial charge in [-0.2, -0.15) is 14.7 Å². The van der Waals surface area contributed by atoms with Crippen molar-refractivity contribution in [3.05, 3.63) is 108 Å². The normalized spacial score (nSPS) is 17.9. The number of carbonyl (C=O) groups excluding carboxylic acids is 1. The average Bonchev–Trinajstić information content (AvgIpc) is 3.43. The van der Waals surface area contributed by atoms with Gasteiger partial charge in [-0.05, 0) is 49.8 Å². The Hall–Kier alpha value is -4.56. The molecule has 1 aromatic heterocycles. The highest BCUT2D eigenvalue weighted by Crippen LogP contribution is 2.29. The molecule has 1 fully saturated rings. The summed E-state index contributed by atoms with van der Waals surface area (Å²) in [6.07, 6.45) is 2.76. The molecular weight excluding hydrogens is 550 g/mol. The number of rotatable bonds is 8. The van der Waals surface area contributed by atoms with Gasteiger partial charge in [0, 0.05) is 37.0 Å². The van der Waals surface area contributed by atoms with Gasteiger partial charge in [0.2, 0.25) is 10.0 Å². The van der Waals surface area contributed by atoms with Gasteiger partial charge in [-0.15, -0.1) is 0 Å². The van der Waals surface area contributed by atoms with Crippen LogP contribution in [0.2, 0.25) is 0 Å². The number of hydrogen-bond acceptors (Lipinski definition) is 6. The molecule has 2 atom stereocenters. The van der Waals surface area contributed by atoms with E-state index in [-0.39, 0.29) is 42.3 Å². The molecule has 5 rings (SSSR count). The molecule has 3 aromatic carbocycles. The number of morpholine rings is 1. The lowest BCUT2D eigenvalue weighted by Crippen LogP contribution is -2.48. The highest BCUT2D eigenvalue weighted by molar-refractivity contribution is 7.89. The maximum atomic E-state index is 13.6. The van der Waals surface area contributed by atoms with Gasteiger partial charge in [0.1, 0.15) is 17.3 Å². The van der Waals surface area contributed by atoms with E-state index in [1.807, 2.05) is 80.6 Å². The summed E-state index contributed by atoms with van der Waals surface area (Å²) < 4.78 is 36.0. The maximum absolute atomic E-state index is 13.6. The van der Waals surface area contributed by atoms with Crippen LogP contribution in [0.3, 0.4) is 0 Å². The van der Waals surface area contributed by atoms with Gasteiger partial charge in [-0.3, -0.25) is 4.79 Å². The van der Waals surface area contributed by atoms with Gasteiger partial charge in [-0.1, -0.05) is 60.7 Å². The van der Waals surface area contributed by atoms with E-state index in [2.05, 4.69) is 5.32 Å². The summed E-state index contributed by atoms with van der Waals surface area (Å²) in [6, 6.07) is 27.4. The van der Waals surface area contributed by atoms with Gasteiger partial charge >= 0.3 is 0 Å². The second kappa shape index (κ2) is 12.5. The Balaban J connectivity index is 1.52. The summed E-state index contributed by atoms with van der Waals surface area (Å²) >= 11 is 0. The minimum Gasteiger partial charge on any atom is -0.373 e. The second-order valence-electron chi connectivity index (χ2n) is 10.2. The van der Waals surface area contributed by atoms with Crippen molar-refractivity contribution in [3.63, 3.8) is 0 Å². The van der Waals surface area contributed by atoms with Crippen molar-refractivity contribution in [2.24, 2.45) is 0 Å². The summed E-state index contributed by atoms with van der Waals surface area (Å²) in [7, 11) is -3.80. The Morgan fingerprint density at radius 1 is 1.02 bits per heavy atom. The standard InChI is InChI=1S/C32H31N5O4S/c1-23-20-36(21-24(2)41-23)42(39,40)30-15-9-12-26(17-30)31-28(22-37(35-31)29-13-7-4-8-14-29)16-27(18-33)32(38)34-19-25-10-5-3-6-11-25/h3-17,22-24H,19-21H2,1-2H3,(H,34,38). The number of benzene rings is 3. The van der Waals surface area contributed by atoms with E-state index in [0.29, 0.717) is 16.8 Å². The fourth-order valence-electron chi connectivity index (χ4n) is 4.89. The summed E-state index contributed by atoms with van der Waals surface area (Å²) in [5, 5.41) is 17.4. The van der Waals surface area contributed by atoms with Crippen LogP contribution in [0.4, 0.5) is 0 Å². The van der Waals surface area contributed by atoms with Gasteiger partial charge in [0.05, 0.1) is 22.8 Å². The highest BCUT2D eigenvalue weighted by Gasteiger charge is 2.32. The van der Waals surface area contributed by atoms with Gasteiger partial charge in [0.15, 0.2) is 0 Å². The molecular formula is C32H31N5O4S. The third-order valence-corrected chi connectivity index (χ3v) is 8.68. The molecule has 0 saturated carbocycles. The Labute approximate surface area is 245 Å². The molecule has 0 spiro atoms. The largest absolute Gasteiger partial charge is 0.373 e. The fraction of sp³-hybridized carbons (Fsp3) is 0.219. The molecule has 1 aliphatic heterocycles. The summed E-state index contributed by atoms with van der Waals surface area (Å²) in [4.78, 5) is 13.1. The molecule has 1 saturated heterocycles. The second-order valence-corrected chi connectivity index (χ2v) is 12.1. The first-order chi connectivity index (χ1) is 20.2. The number of hydrogen-bond donors (Lipinski definition) is 1. The monoisotopic (exact) mass is 581 g/mol. The van der Waals surface area contributed by atoms with E-state index >= 15 is 0 Å². The molecule has 0 aliphatic carbocycles. The van der Waals surface area contributed by atoms with E-state index in [9.17, 15) is 18.5 Å². The van der Waals surface area contributed by atoms with Crippen molar-refractivity contribution < 1.29 is 17.9 Å². The number of para-hydroxylation sites is 1. The van der Waals surface area contributed by atoms with E-state index in [0.717, 1.165) is 11.3 Å². The number of nitrogens with one attached hydrogen (secondary N) is 1. The first-order valence-electron chi connectivity index (χ1n) is 13.6. The number of aromatic nitrogens is 2. The van der Waals surface area contributed by atoms with Gasteiger partial charge in [-0.25, -0.2) is 13.1 Å². The number of carbonyl (C=O) groups is 1. The first-order valence-corrected chi connectivity index (χ1v) is 15.0. The predicted octanol–water partition coefficient (Wildman–Crippen LogP) is 4.56. The third kappa shape index (κ3) is 6.50. The van der Waals surface area contributed by atoms with Crippen LogP contribution in [0, 0.1) is 11.3 Å². The molecule has 2 heterocycles. The van der Waals surface area contributed by atoms with E-state index in [1.165, 1.54) is 10.4 Å². The molecule has 0 radical (unpaired) electrons. The predicted molar refractivity (Wildman–Crippen MR) is 160 cm³/mol. The van der Waals surface area contributed by atoms with Crippen LogP contribution in [-0.2, 0) is 26.1 Å². The molecule has 214 valence electrons. The lowest BCUT2D eigenvalue weighted by atomic mass is 10.1. The highest BCUT2D eigenvalue weighted by atomic mass is 32.2. The van der Waals surface area contributed by atoms with Crippen molar-refractivity contribution in [3.8, 4) is 23.0 Å². The van der Waals surface area contributed by atoms with Crippen LogP contribution >= 0.6 is 0 Å². The number of ether oxygens (including phenoxy) is 1. The van der Waals surface area contributed by atoms with Crippen molar-refractivity contribution >= 4 is 22.0 Å². The Bertz CT molecular complexity index is 1730. The first kappa shape index (κ1) is 29.0. The molecule has 2 unspecified atom stereocenters. The SMILES string of the molecule is CC1CN(S(=O)(=O)c2cccc(-c3nn(-c4ccccc4)cc3C=C(C#N)C(=O)NCc3ccccc3)c2)CC(C)O1. The Morgan fingerprint density at radius 2 is 1.69 bits per heavy atom. The van der Waals surface area contributed by atoms with Crippen LogP contribution in [0.15, 0.2) is 102 Å². The molecule has 0 bridgehead atoms. The zero-order valence-electron chi connectivity index (χ0n) is 23.3. The Morgan fingerprint density at radius 3 is 2.36 bits per heavy atom. The summed E-state index contributed by atoms with van der Waals surface area (Å²) in [5.41, 5.74) is 3.04. The molecule has 1 amide bonds. The molecule has 9 nitrogen and oxygen atoms in total. The molecule has 4 aromatic rings. The molecule has 1 N–H and O–H groups in total. The zero-order chi connectivity index (χ0) is 29.7. The van der Waals surface area contributed by atoms with E-state index < -0.39 is 15.9 Å². The van der Waals surface area contributed by atoms with Crippen molar-refractivity contribution in [1.29, 1.82) is 5.26 Å². The smallest absolute Gasteiger partial charge is 0.262 e. The number of amides is 1. The van der Waals surface area contributed by atoms with Crippen LogP contribution in [-0.4, -0.2) is 53.7 Å². The average molecular weight is 582 g/mol. The quantitative estimate of drug-likeness (QED) is 0.241. The lowest BCUT2D eigenvalue weighted by Gasteiger charge is -2.34. The van der Waals surface area contributed by atoms with Crippen molar-refractivity contribution in [1.82, 2.24) is 19.4 Å². The van der Waals surface area contributed by atoms with E-state index in [1.54, 1.807) is 35.1 Å². The fourth-order valence-corrected chi connectivity index (χ4v) is 6.52. The van der Waals surface area contributed by atoms with Gasteiger partial charge < -0.3 is 10.1 Å². The van der Waals surface area contributed by atoms with Crippen LogP contribution in [0.25, 0.3) is 23.0 Å². The molecule has 42 heavy (non-hydrogen) atoms. The third-order valence-electron chi connectivity index (χ3n) is 6.86. The number of nitriles is 1. The van der Waals surface area contributed by atoms with Crippen molar-refractivity contribution in [2.75, 3.05) is 13.1 Å². The van der Waals surface area contributed by atoms with Crippen molar-refractivity contribution in [2.45, 2.75) is 37.5 Å².